The zero-order valence-electron chi connectivity index (χ0n) is 10.8. The third kappa shape index (κ3) is 4.18. The van der Waals surface area contributed by atoms with Gasteiger partial charge >= 0.3 is 12.0 Å². The minimum Gasteiger partial charge on any atom is -0.481 e. The maximum absolute atomic E-state index is 11.8. The summed E-state index contributed by atoms with van der Waals surface area (Å²) in [6.07, 6.45) is 2.65. The standard InChI is InChI=1S/C12H22N2O4/c1-2-14(7-8-15)12(18)13-10-5-3-9(4-6-10)11(16)17/h9-10,15H,2-8H2,1H3,(H,13,18)(H,16,17). The predicted molar refractivity (Wildman–Crippen MR) is 66.2 cm³/mol. The van der Waals surface area contributed by atoms with Gasteiger partial charge in [0.25, 0.3) is 0 Å². The average Bonchev–Trinajstić information content (AvgIpc) is 2.36. The molecule has 0 aromatic carbocycles. The molecule has 1 aliphatic carbocycles. The van der Waals surface area contributed by atoms with Gasteiger partial charge in [-0.3, -0.25) is 4.79 Å². The number of likely N-dealkylation sites (N-methyl/N-ethyl adjacent to an activating group) is 1. The lowest BCUT2D eigenvalue weighted by molar-refractivity contribution is -0.142. The van der Waals surface area contributed by atoms with Crippen LogP contribution in [0.25, 0.3) is 0 Å². The molecular weight excluding hydrogens is 236 g/mol. The largest absolute Gasteiger partial charge is 0.481 e. The molecule has 0 radical (unpaired) electrons. The molecule has 0 atom stereocenters. The minimum atomic E-state index is -0.741. The van der Waals surface area contributed by atoms with Crippen molar-refractivity contribution in [2.24, 2.45) is 5.92 Å². The summed E-state index contributed by atoms with van der Waals surface area (Å²) in [6, 6.07) is -0.119. The molecule has 18 heavy (non-hydrogen) atoms. The van der Waals surface area contributed by atoms with Crippen molar-refractivity contribution < 1.29 is 19.8 Å². The van der Waals surface area contributed by atoms with E-state index in [1.807, 2.05) is 6.92 Å². The van der Waals surface area contributed by atoms with Crippen LogP contribution >= 0.6 is 0 Å². The third-order valence-corrected chi connectivity index (χ3v) is 3.44. The number of hydrogen-bond donors (Lipinski definition) is 3. The van der Waals surface area contributed by atoms with Crippen LogP contribution in [-0.4, -0.2) is 52.9 Å². The number of rotatable bonds is 5. The van der Waals surface area contributed by atoms with Crippen molar-refractivity contribution in [3.05, 3.63) is 0 Å². The van der Waals surface area contributed by atoms with Gasteiger partial charge in [0, 0.05) is 19.1 Å². The van der Waals surface area contributed by atoms with Gasteiger partial charge in [-0.05, 0) is 32.6 Å². The normalized spacial score (nSPS) is 23.4. The molecule has 1 saturated carbocycles. The first-order chi connectivity index (χ1) is 8.58. The first kappa shape index (κ1) is 14.8. The molecule has 0 unspecified atom stereocenters. The van der Waals surface area contributed by atoms with E-state index in [-0.39, 0.29) is 24.6 Å². The van der Waals surface area contributed by atoms with E-state index in [1.165, 1.54) is 0 Å². The van der Waals surface area contributed by atoms with Gasteiger partial charge in [-0.15, -0.1) is 0 Å². The molecule has 0 aliphatic heterocycles. The van der Waals surface area contributed by atoms with Gasteiger partial charge in [0.1, 0.15) is 0 Å². The Morgan fingerprint density at radius 3 is 2.33 bits per heavy atom. The second-order valence-electron chi connectivity index (χ2n) is 4.64. The zero-order valence-corrected chi connectivity index (χ0v) is 10.8. The second-order valence-corrected chi connectivity index (χ2v) is 4.64. The lowest BCUT2D eigenvalue weighted by atomic mass is 9.86. The van der Waals surface area contributed by atoms with E-state index >= 15 is 0 Å². The highest BCUT2D eigenvalue weighted by molar-refractivity contribution is 5.74. The SMILES string of the molecule is CCN(CCO)C(=O)NC1CCC(C(=O)O)CC1. The second kappa shape index (κ2) is 7.20. The predicted octanol–water partition coefficient (Wildman–Crippen LogP) is 0.654. The van der Waals surface area contributed by atoms with E-state index in [9.17, 15) is 9.59 Å². The summed E-state index contributed by atoms with van der Waals surface area (Å²) >= 11 is 0. The first-order valence-corrected chi connectivity index (χ1v) is 6.47. The molecule has 104 valence electrons. The summed E-state index contributed by atoms with van der Waals surface area (Å²) in [4.78, 5) is 24.2. The van der Waals surface area contributed by atoms with Crippen molar-refractivity contribution in [1.29, 1.82) is 0 Å². The number of amides is 2. The van der Waals surface area contributed by atoms with Gasteiger partial charge in [-0.25, -0.2) is 4.79 Å². The maximum atomic E-state index is 11.8. The topological polar surface area (TPSA) is 89.9 Å². The number of carbonyl (C=O) groups excluding carboxylic acids is 1. The quantitative estimate of drug-likeness (QED) is 0.675. The summed E-state index contributed by atoms with van der Waals surface area (Å²) in [5.74, 6) is -1.01. The Hall–Kier alpha value is -1.30. The van der Waals surface area contributed by atoms with Gasteiger partial charge in [0.2, 0.25) is 0 Å². The van der Waals surface area contributed by atoms with E-state index in [1.54, 1.807) is 4.90 Å². The van der Waals surface area contributed by atoms with Crippen LogP contribution in [0.15, 0.2) is 0 Å². The molecule has 1 fully saturated rings. The molecule has 1 rings (SSSR count). The number of urea groups is 1. The van der Waals surface area contributed by atoms with Gasteiger partial charge in [0.15, 0.2) is 0 Å². The van der Waals surface area contributed by atoms with Crippen molar-refractivity contribution in [3.8, 4) is 0 Å². The fraction of sp³-hybridized carbons (Fsp3) is 0.833. The average molecular weight is 258 g/mol. The van der Waals surface area contributed by atoms with E-state index < -0.39 is 5.97 Å². The monoisotopic (exact) mass is 258 g/mol. The minimum absolute atomic E-state index is 0.0486. The van der Waals surface area contributed by atoms with Crippen molar-refractivity contribution in [1.82, 2.24) is 10.2 Å². The summed E-state index contributed by atoms with van der Waals surface area (Å²) in [5, 5.41) is 20.6. The number of aliphatic hydroxyl groups is 1. The van der Waals surface area contributed by atoms with E-state index in [2.05, 4.69) is 5.32 Å². The van der Waals surface area contributed by atoms with Gasteiger partial charge < -0.3 is 20.4 Å². The third-order valence-electron chi connectivity index (χ3n) is 3.44. The molecule has 6 nitrogen and oxygen atoms in total. The number of carboxylic acids is 1. The Labute approximate surface area is 107 Å². The van der Waals surface area contributed by atoms with Crippen LogP contribution in [-0.2, 0) is 4.79 Å². The van der Waals surface area contributed by atoms with Crippen molar-refractivity contribution in [3.63, 3.8) is 0 Å². The molecule has 0 aromatic heterocycles. The molecule has 0 saturated heterocycles. The van der Waals surface area contributed by atoms with Crippen molar-refractivity contribution in [2.75, 3.05) is 19.7 Å². The molecule has 6 heteroatoms. The maximum Gasteiger partial charge on any atom is 0.317 e. The van der Waals surface area contributed by atoms with Crippen molar-refractivity contribution >= 4 is 12.0 Å². The van der Waals surface area contributed by atoms with Crippen LogP contribution in [0.2, 0.25) is 0 Å². The van der Waals surface area contributed by atoms with Crippen LogP contribution in [0.5, 0.6) is 0 Å². The van der Waals surface area contributed by atoms with Crippen LogP contribution in [0.3, 0.4) is 0 Å². The number of hydrogen-bond acceptors (Lipinski definition) is 3. The van der Waals surface area contributed by atoms with Crippen molar-refractivity contribution in [2.45, 2.75) is 38.6 Å². The fourth-order valence-electron chi connectivity index (χ4n) is 2.27. The van der Waals surface area contributed by atoms with Gasteiger partial charge in [-0.2, -0.15) is 0 Å². The molecule has 0 aromatic rings. The molecular formula is C12H22N2O4. The van der Waals surface area contributed by atoms with E-state index in [0.29, 0.717) is 38.8 Å². The Balaban J connectivity index is 2.35. The van der Waals surface area contributed by atoms with Gasteiger partial charge in [0.05, 0.1) is 12.5 Å². The van der Waals surface area contributed by atoms with Gasteiger partial charge in [-0.1, -0.05) is 0 Å². The summed E-state index contributed by atoms with van der Waals surface area (Å²) in [7, 11) is 0. The number of nitrogens with one attached hydrogen (secondary N) is 1. The fourth-order valence-corrected chi connectivity index (χ4v) is 2.27. The number of aliphatic hydroxyl groups excluding tert-OH is 1. The van der Waals surface area contributed by atoms with E-state index in [4.69, 9.17) is 10.2 Å². The van der Waals surface area contributed by atoms with Crippen LogP contribution in [0, 0.1) is 5.92 Å². The van der Waals surface area contributed by atoms with E-state index in [0.717, 1.165) is 0 Å². The zero-order chi connectivity index (χ0) is 13.5. The lowest BCUT2D eigenvalue weighted by Crippen LogP contribution is -2.47. The molecule has 2 amide bonds. The molecule has 0 spiro atoms. The summed E-state index contributed by atoms with van der Waals surface area (Å²) in [6.45, 7) is 2.69. The smallest absolute Gasteiger partial charge is 0.317 e. The first-order valence-electron chi connectivity index (χ1n) is 6.47. The molecule has 3 N–H and O–H groups in total. The van der Waals surface area contributed by atoms with Crippen LogP contribution < -0.4 is 5.32 Å². The molecule has 0 heterocycles. The number of nitrogens with zero attached hydrogens (tertiary/aromatic N) is 1. The summed E-state index contributed by atoms with van der Waals surface area (Å²) < 4.78 is 0. The highest BCUT2D eigenvalue weighted by atomic mass is 16.4. The highest BCUT2D eigenvalue weighted by Gasteiger charge is 2.27. The van der Waals surface area contributed by atoms with Crippen LogP contribution in [0.1, 0.15) is 32.6 Å². The Bertz CT molecular complexity index is 288. The Morgan fingerprint density at radius 2 is 1.89 bits per heavy atom. The summed E-state index contributed by atoms with van der Waals surface area (Å²) in [5.41, 5.74) is 0. The Kier molecular flexibility index (Phi) is 5.91. The highest BCUT2D eigenvalue weighted by Crippen LogP contribution is 2.24. The Morgan fingerprint density at radius 1 is 1.28 bits per heavy atom. The number of carboxylic acid groups (broad SMARTS) is 1. The lowest BCUT2D eigenvalue weighted by Gasteiger charge is -2.29. The molecule has 0 bridgehead atoms. The van der Waals surface area contributed by atoms with Crippen LogP contribution in [0.4, 0.5) is 4.79 Å². The molecule has 1 aliphatic rings. The number of carbonyl (C=O) groups is 2. The number of aliphatic carboxylic acids is 1.